The van der Waals surface area contributed by atoms with Crippen molar-refractivity contribution in [2.45, 2.75) is 31.8 Å². The second-order valence-electron chi connectivity index (χ2n) is 7.13. The Morgan fingerprint density at radius 1 is 1.23 bits per heavy atom. The molecule has 2 aromatic rings. The van der Waals surface area contributed by atoms with Crippen molar-refractivity contribution < 1.29 is 28.7 Å². The maximum atomic E-state index is 12.9. The van der Waals surface area contributed by atoms with Crippen LogP contribution in [0.4, 0.5) is 5.82 Å². The van der Waals surface area contributed by atoms with Crippen LogP contribution in [0.5, 0.6) is 23.0 Å². The number of amides is 1. The summed E-state index contributed by atoms with van der Waals surface area (Å²) in [6.45, 7) is 3.54. The third kappa shape index (κ3) is 2.67. The normalized spacial score (nSPS) is 19.4. The molecule has 2 aliphatic heterocycles. The molecule has 12 nitrogen and oxygen atoms in total. The first-order chi connectivity index (χ1) is 14.3. The van der Waals surface area contributed by atoms with Gasteiger partial charge in [0.25, 0.3) is 5.56 Å². The summed E-state index contributed by atoms with van der Waals surface area (Å²) in [6.07, 6.45) is 0. The van der Waals surface area contributed by atoms with Crippen LogP contribution < -0.4 is 29.8 Å². The van der Waals surface area contributed by atoms with Crippen LogP contribution in [0, 0.1) is 10.1 Å². The number of rotatable bonds is 5. The van der Waals surface area contributed by atoms with Crippen LogP contribution in [0.15, 0.2) is 10.9 Å². The summed E-state index contributed by atoms with van der Waals surface area (Å²) in [4.78, 5) is 36.8. The lowest BCUT2D eigenvalue weighted by Crippen LogP contribution is -2.45. The molecule has 3 heterocycles. The van der Waals surface area contributed by atoms with Crippen molar-refractivity contribution in [3.63, 3.8) is 0 Å². The van der Waals surface area contributed by atoms with Gasteiger partial charge in [-0.1, -0.05) is 0 Å². The van der Waals surface area contributed by atoms with E-state index >= 15 is 0 Å². The number of benzene rings is 1. The van der Waals surface area contributed by atoms with E-state index in [0.717, 1.165) is 0 Å². The number of aromatic amines is 1. The first-order valence-electron chi connectivity index (χ1n) is 9.13. The number of hydrogen-bond acceptors (Lipinski definition) is 8. The van der Waals surface area contributed by atoms with E-state index in [4.69, 9.17) is 18.9 Å². The summed E-state index contributed by atoms with van der Waals surface area (Å²) in [5, 5.41) is 17.0. The number of H-pyrrole nitrogens is 1. The average molecular weight is 420 g/mol. The molecule has 1 aromatic carbocycles. The van der Waals surface area contributed by atoms with Crippen molar-refractivity contribution in [1.82, 2.24) is 9.78 Å². The van der Waals surface area contributed by atoms with Crippen molar-refractivity contribution >= 4 is 11.7 Å². The Morgan fingerprint density at radius 2 is 1.93 bits per heavy atom. The molecule has 2 aliphatic rings. The van der Waals surface area contributed by atoms with E-state index in [0.29, 0.717) is 0 Å². The lowest BCUT2D eigenvalue weighted by molar-refractivity contribution is -0.509. The summed E-state index contributed by atoms with van der Waals surface area (Å²) >= 11 is 0. The molecule has 4 rings (SSSR count). The highest BCUT2D eigenvalue weighted by Crippen LogP contribution is 2.53. The fraction of sp³-hybridized carbons (Fsp3) is 0.444. The van der Waals surface area contributed by atoms with Crippen molar-refractivity contribution in [1.29, 1.82) is 0 Å². The molecule has 160 valence electrons. The second kappa shape index (κ2) is 6.97. The zero-order valence-electron chi connectivity index (χ0n) is 16.7. The average Bonchev–Trinajstić information content (AvgIpc) is 3.29. The third-order valence-electron chi connectivity index (χ3n) is 5.19. The number of carbonyl (C=O) groups is 1. The summed E-state index contributed by atoms with van der Waals surface area (Å²) in [5.74, 6) is -1.06. The van der Waals surface area contributed by atoms with Crippen LogP contribution in [0.2, 0.25) is 0 Å². The standard InChI is InChI=1S/C18H20N4O8/c1-7(2)21-16-11(17(23)20-21)10(12(22(25)26)18(24)19-16)8-5-9-14(30-6-29-9)15(28-4)13(8)27-3/h5,7,10,12H,6H2,1-4H3,(H,19,24)(H,20,23)/t10-,12+/m0/s1. The summed E-state index contributed by atoms with van der Waals surface area (Å²) < 4.78 is 23.2. The van der Waals surface area contributed by atoms with Crippen LogP contribution >= 0.6 is 0 Å². The number of anilines is 1. The van der Waals surface area contributed by atoms with Gasteiger partial charge in [-0.25, -0.2) is 0 Å². The van der Waals surface area contributed by atoms with Crippen molar-refractivity contribution in [2.24, 2.45) is 0 Å². The minimum Gasteiger partial charge on any atom is -0.492 e. The first kappa shape index (κ1) is 19.6. The molecule has 0 bridgehead atoms. The predicted octanol–water partition coefficient (Wildman–Crippen LogP) is 1.23. The zero-order chi connectivity index (χ0) is 21.7. The van der Waals surface area contributed by atoms with Gasteiger partial charge < -0.3 is 24.3 Å². The molecule has 30 heavy (non-hydrogen) atoms. The Bertz CT molecular complexity index is 1100. The van der Waals surface area contributed by atoms with Gasteiger partial charge >= 0.3 is 11.9 Å². The molecule has 2 atom stereocenters. The summed E-state index contributed by atoms with van der Waals surface area (Å²) in [5.41, 5.74) is -0.276. The van der Waals surface area contributed by atoms with E-state index in [2.05, 4.69) is 10.4 Å². The number of nitrogens with one attached hydrogen (secondary N) is 2. The van der Waals surface area contributed by atoms with E-state index in [-0.39, 0.29) is 52.8 Å². The number of hydrogen-bond donors (Lipinski definition) is 2. The molecule has 12 heteroatoms. The zero-order valence-corrected chi connectivity index (χ0v) is 16.7. The molecule has 0 radical (unpaired) electrons. The molecular weight excluding hydrogens is 400 g/mol. The minimum absolute atomic E-state index is 0.0595. The quantitative estimate of drug-likeness (QED) is 0.542. The summed E-state index contributed by atoms with van der Waals surface area (Å²) in [7, 11) is 2.74. The Labute approximate surface area is 169 Å². The highest BCUT2D eigenvalue weighted by atomic mass is 16.7. The molecule has 0 aliphatic carbocycles. The van der Waals surface area contributed by atoms with E-state index in [9.17, 15) is 19.7 Å². The maximum absolute atomic E-state index is 12.9. The molecule has 0 saturated carbocycles. The van der Waals surface area contributed by atoms with Crippen LogP contribution in [-0.2, 0) is 4.79 Å². The van der Waals surface area contributed by atoms with E-state index in [1.807, 2.05) is 0 Å². The molecule has 1 amide bonds. The van der Waals surface area contributed by atoms with E-state index < -0.39 is 28.3 Å². The van der Waals surface area contributed by atoms with Crippen molar-refractivity contribution in [2.75, 3.05) is 26.3 Å². The molecule has 0 saturated heterocycles. The van der Waals surface area contributed by atoms with Gasteiger partial charge in [0.1, 0.15) is 5.82 Å². The van der Waals surface area contributed by atoms with E-state index in [1.165, 1.54) is 25.0 Å². The largest absolute Gasteiger partial charge is 0.492 e. The van der Waals surface area contributed by atoms with E-state index in [1.54, 1.807) is 13.8 Å². The second-order valence-corrected chi connectivity index (χ2v) is 7.13. The summed E-state index contributed by atoms with van der Waals surface area (Å²) in [6, 6.07) is -0.484. The highest BCUT2D eigenvalue weighted by Gasteiger charge is 2.50. The number of ether oxygens (including phenoxy) is 4. The highest BCUT2D eigenvalue weighted by molar-refractivity contribution is 5.98. The van der Waals surface area contributed by atoms with Gasteiger partial charge in [0, 0.05) is 16.5 Å². The topological polar surface area (TPSA) is 147 Å². The van der Waals surface area contributed by atoms with Crippen LogP contribution in [-0.4, -0.2) is 47.7 Å². The fourth-order valence-corrected chi connectivity index (χ4v) is 3.95. The number of nitro groups is 1. The number of fused-ring (bicyclic) bond motifs is 2. The van der Waals surface area contributed by atoms with Gasteiger partial charge in [-0.05, 0) is 19.9 Å². The Morgan fingerprint density at radius 3 is 2.53 bits per heavy atom. The Hall–Kier alpha value is -3.70. The van der Waals surface area contributed by atoms with Gasteiger partial charge in [-0.2, -0.15) is 0 Å². The number of carbonyl (C=O) groups excluding carboxylic acids is 1. The van der Waals surface area contributed by atoms with Crippen molar-refractivity contribution in [3.8, 4) is 23.0 Å². The SMILES string of the molecule is COc1c([C@H]2c3c(n(C(C)C)[nH]c3=O)NC(=O)[C@@H]2[N+](=O)[O-])cc2c(c1OC)OCO2. The van der Waals surface area contributed by atoms with Gasteiger partial charge in [-0.3, -0.25) is 29.5 Å². The van der Waals surface area contributed by atoms with Gasteiger partial charge in [0.2, 0.25) is 18.3 Å². The molecular formula is C18H20N4O8. The number of aromatic nitrogens is 2. The fourth-order valence-electron chi connectivity index (χ4n) is 3.95. The first-order valence-corrected chi connectivity index (χ1v) is 9.13. The van der Waals surface area contributed by atoms with Gasteiger partial charge in [0.05, 0.1) is 25.7 Å². The van der Waals surface area contributed by atoms with Crippen LogP contribution in [0.1, 0.15) is 36.9 Å². The number of methoxy groups -OCH3 is 2. The van der Waals surface area contributed by atoms with Crippen LogP contribution in [0.3, 0.4) is 0 Å². The predicted molar refractivity (Wildman–Crippen MR) is 102 cm³/mol. The lowest BCUT2D eigenvalue weighted by atomic mass is 9.82. The Balaban J connectivity index is 2.05. The Kier molecular flexibility index (Phi) is 4.56. The molecule has 0 fully saturated rings. The molecule has 0 unspecified atom stereocenters. The lowest BCUT2D eigenvalue weighted by Gasteiger charge is -2.28. The number of nitrogens with zero attached hydrogens (tertiary/aromatic N) is 2. The molecule has 0 spiro atoms. The molecule has 2 N–H and O–H groups in total. The molecule has 1 aromatic heterocycles. The van der Waals surface area contributed by atoms with Gasteiger partial charge in [-0.15, -0.1) is 0 Å². The van der Waals surface area contributed by atoms with Crippen molar-refractivity contribution in [3.05, 3.63) is 37.7 Å². The van der Waals surface area contributed by atoms with Crippen LogP contribution in [0.25, 0.3) is 0 Å². The third-order valence-corrected chi connectivity index (χ3v) is 5.19. The van der Waals surface area contributed by atoms with Gasteiger partial charge in [0.15, 0.2) is 11.5 Å². The smallest absolute Gasteiger partial charge is 0.301 e. The monoisotopic (exact) mass is 420 g/mol. The maximum Gasteiger partial charge on any atom is 0.301 e. The minimum atomic E-state index is -1.76.